The van der Waals surface area contributed by atoms with E-state index in [1.54, 1.807) is 0 Å². The molecule has 0 fully saturated rings. The first-order valence-electron chi connectivity index (χ1n) is 5.17. The van der Waals surface area contributed by atoms with Crippen molar-refractivity contribution in [2.45, 2.75) is 39.7 Å². The Morgan fingerprint density at radius 3 is 2.86 bits per heavy atom. The Balaban J connectivity index is 2.45. The van der Waals surface area contributed by atoms with Crippen molar-refractivity contribution < 1.29 is 0 Å². The SMILES string of the molecule is CC(C)Cn1nncc1CCCCI. The number of nitrogens with zero attached hydrogens (tertiary/aromatic N) is 3. The first kappa shape index (κ1) is 11.9. The van der Waals surface area contributed by atoms with Crippen molar-refractivity contribution in [3.63, 3.8) is 0 Å². The van der Waals surface area contributed by atoms with Crippen molar-refractivity contribution in [1.82, 2.24) is 15.0 Å². The van der Waals surface area contributed by atoms with Crippen molar-refractivity contribution in [3.8, 4) is 0 Å². The number of rotatable bonds is 6. The van der Waals surface area contributed by atoms with Gasteiger partial charge < -0.3 is 0 Å². The number of halogens is 1. The van der Waals surface area contributed by atoms with Gasteiger partial charge in [-0.3, -0.25) is 0 Å². The average molecular weight is 307 g/mol. The zero-order valence-electron chi connectivity index (χ0n) is 8.91. The minimum absolute atomic E-state index is 0.639. The molecule has 0 N–H and O–H groups in total. The first-order chi connectivity index (χ1) is 6.74. The van der Waals surface area contributed by atoms with Crippen molar-refractivity contribution in [2.75, 3.05) is 4.43 Å². The molecule has 0 aromatic carbocycles. The van der Waals surface area contributed by atoms with Crippen molar-refractivity contribution in [2.24, 2.45) is 5.92 Å². The van der Waals surface area contributed by atoms with E-state index in [0.29, 0.717) is 5.92 Å². The fraction of sp³-hybridized carbons (Fsp3) is 0.800. The van der Waals surface area contributed by atoms with Gasteiger partial charge >= 0.3 is 0 Å². The molecule has 1 heterocycles. The van der Waals surface area contributed by atoms with Gasteiger partial charge in [-0.2, -0.15) is 0 Å². The molecule has 4 heteroatoms. The highest BCUT2D eigenvalue weighted by molar-refractivity contribution is 14.1. The van der Waals surface area contributed by atoms with E-state index >= 15 is 0 Å². The molecule has 0 unspecified atom stereocenters. The Hall–Kier alpha value is -0.130. The summed E-state index contributed by atoms with van der Waals surface area (Å²) in [4.78, 5) is 0. The zero-order valence-corrected chi connectivity index (χ0v) is 11.1. The molecule has 0 radical (unpaired) electrons. The molecule has 1 rings (SSSR count). The largest absolute Gasteiger partial charge is 0.249 e. The van der Waals surface area contributed by atoms with Crippen LogP contribution in [-0.4, -0.2) is 19.4 Å². The van der Waals surface area contributed by atoms with E-state index in [9.17, 15) is 0 Å². The van der Waals surface area contributed by atoms with Crippen LogP contribution in [0.5, 0.6) is 0 Å². The van der Waals surface area contributed by atoms with Crippen LogP contribution in [0, 0.1) is 5.92 Å². The number of hydrogen-bond donors (Lipinski definition) is 0. The van der Waals surface area contributed by atoms with Crippen LogP contribution < -0.4 is 0 Å². The van der Waals surface area contributed by atoms with Gasteiger partial charge in [0.1, 0.15) is 0 Å². The summed E-state index contributed by atoms with van der Waals surface area (Å²) in [7, 11) is 0. The third-order valence-electron chi connectivity index (χ3n) is 2.05. The van der Waals surface area contributed by atoms with E-state index in [-0.39, 0.29) is 0 Å². The van der Waals surface area contributed by atoms with Gasteiger partial charge in [-0.25, -0.2) is 4.68 Å². The molecule has 3 nitrogen and oxygen atoms in total. The Labute approximate surface area is 99.4 Å². The average Bonchev–Trinajstić information content (AvgIpc) is 2.52. The molecule has 0 amide bonds. The number of unbranched alkanes of at least 4 members (excludes halogenated alkanes) is 1. The van der Waals surface area contributed by atoms with Crippen molar-refractivity contribution in [1.29, 1.82) is 0 Å². The smallest absolute Gasteiger partial charge is 0.0725 e. The highest BCUT2D eigenvalue weighted by Gasteiger charge is 2.04. The summed E-state index contributed by atoms with van der Waals surface area (Å²) < 4.78 is 3.28. The van der Waals surface area contributed by atoms with E-state index in [1.807, 2.05) is 10.9 Å². The Kier molecular flexibility index (Phi) is 5.44. The lowest BCUT2D eigenvalue weighted by atomic mass is 10.2. The van der Waals surface area contributed by atoms with Gasteiger partial charge in [-0.15, -0.1) is 5.10 Å². The van der Waals surface area contributed by atoms with Crippen molar-refractivity contribution in [3.05, 3.63) is 11.9 Å². The van der Waals surface area contributed by atoms with Gasteiger partial charge in [0.25, 0.3) is 0 Å². The summed E-state index contributed by atoms with van der Waals surface area (Å²) in [6.07, 6.45) is 5.54. The van der Waals surface area contributed by atoms with E-state index in [2.05, 4.69) is 46.8 Å². The van der Waals surface area contributed by atoms with Gasteiger partial charge in [0.05, 0.1) is 11.9 Å². The number of aryl methyl sites for hydroxylation is 1. The number of aromatic nitrogens is 3. The second-order valence-corrected chi connectivity index (χ2v) is 5.03. The molecule has 14 heavy (non-hydrogen) atoms. The molecule has 0 aliphatic heterocycles. The minimum atomic E-state index is 0.639. The van der Waals surface area contributed by atoms with Crippen molar-refractivity contribution >= 4 is 22.6 Å². The topological polar surface area (TPSA) is 30.7 Å². The van der Waals surface area contributed by atoms with Gasteiger partial charge in [0.15, 0.2) is 0 Å². The zero-order chi connectivity index (χ0) is 10.4. The molecule has 1 aromatic heterocycles. The molecule has 0 aliphatic carbocycles. The molecule has 0 spiro atoms. The van der Waals surface area contributed by atoms with Crippen LogP contribution in [0.15, 0.2) is 6.20 Å². The van der Waals surface area contributed by atoms with Gasteiger partial charge in [-0.05, 0) is 29.6 Å². The Morgan fingerprint density at radius 2 is 2.21 bits per heavy atom. The molecule has 0 aliphatic rings. The van der Waals surface area contributed by atoms with Crippen LogP contribution in [-0.2, 0) is 13.0 Å². The molecule has 0 bridgehead atoms. The fourth-order valence-electron chi connectivity index (χ4n) is 1.37. The standard InChI is InChI=1S/C10H18IN3/c1-9(2)8-14-10(7-12-13-14)5-3-4-6-11/h7,9H,3-6,8H2,1-2H3. The van der Waals surface area contributed by atoms with E-state index in [4.69, 9.17) is 0 Å². The van der Waals surface area contributed by atoms with Gasteiger partial charge in [0, 0.05) is 6.54 Å². The van der Waals surface area contributed by atoms with Crippen LogP contribution in [0.4, 0.5) is 0 Å². The molecule has 80 valence electrons. The summed E-state index contributed by atoms with van der Waals surface area (Å²) in [5.41, 5.74) is 1.28. The normalized spacial score (nSPS) is 11.1. The highest BCUT2D eigenvalue weighted by atomic mass is 127. The summed E-state index contributed by atoms with van der Waals surface area (Å²) in [5, 5.41) is 8.06. The highest BCUT2D eigenvalue weighted by Crippen LogP contribution is 2.07. The lowest BCUT2D eigenvalue weighted by Crippen LogP contribution is -2.09. The molecular weight excluding hydrogens is 289 g/mol. The van der Waals surface area contributed by atoms with Gasteiger partial charge in [0.2, 0.25) is 0 Å². The molecular formula is C10H18IN3. The second kappa shape index (κ2) is 6.37. The lowest BCUT2D eigenvalue weighted by molar-refractivity contribution is 0.456. The van der Waals surface area contributed by atoms with Crippen LogP contribution in [0.2, 0.25) is 0 Å². The van der Waals surface area contributed by atoms with Crippen LogP contribution in [0.1, 0.15) is 32.4 Å². The molecule has 0 saturated heterocycles. The summed E-state index contributed by atoms with van der Waals surface area (Å²) in [6.45, 7) is 5.39. The number of alkyl halides is 1. The molecule has 0 atom stereocenters. The summed E-state index contributed by atoms with van der Waals surface area (Å²) >= 11 is 2.42. The van der Waals surface area contributed by atoms with E-state index < -0.39 is 0 Å². The van der Waals surface area contributed by atoms with Gasteiger partial charge in [-0.1, -0.05) is 41.7 Å². The van der Waals surface area contributed by atoms with E-state index in [0.717, 1.165) is 13.0 Å². The lowest BCUT2D eigenvalue weighted by Gasteiger charge is -2.07. The maximum atomic E-state index is 4.10. The predicted octanol–water partition coefficient (Wildman–Crippen LogP) is 2.69. The quantitative estimate of drug-likeness (QED) is 0.459. The first-order valence-corrected chi connectivity index (χ1v) is 6.70. The maximum absolute atomic E-state index is 4.10. The maximum Gasteiger partial charge on any atom is 0.0725 e. The fourth-order valence-corrected chi connectivity index (χ4v) is 1.91. The Bertz CT molecular complexity index is 258. The molecule has 0 saturated carbocycles. The monoisotopic (exact) mass is 307 g/mol. The van der Waals surface area contributed by atoms with Crippen LogP contribution in [0.3, 0.4) is 0 Å². The third kappa shape index (κ3) is 3.94. The van der Waals surface area contributed by atoms with Crippen LogP contribution >= 0.6 is 22.6 Å². The summed E-state index contributed by atoms with van der Waals surface area (Å²) in [6, 6.07) is 0. The summed E-state index contributed by atoms with van der Waals surface area (Å²) in [5.74, 6) is 0.639. The number of hydrogen-bond acceptors (Lipinski definition) is 2. The molecule has 1 aromatic rings. The second-order valence-electron chi connectivity index (χ2n) is 3.95. The van der Waals surface area contributed by atoms with E-state index in [1.165, 1.54) is 23.0 Å². The van der Waals surface area contributed by atoms with Crippen LogP contribution in [0.25, 0.3) is 0 Å². The minimum Gasteiger partial charge on any atom is -0.249 e. The Morgan fingerprint density at radius 1 is 1.43 bits per heavy atom. The predicted molar refractivity (Wildman–Crippen MR) is 66.7 cm³/mol. The third-order valence-corrected chi connectivity index (χ3v) is 2.82.